The van der Waals surface area contributed by atoms with Gasteiger partial charge in [0, 0.05) is 29.2 Å². The minimum Gasteiger partial charge on any atom is -0.321 e. The third-order valence-corrected chi connectivity index (χ3v) is 5.40. The number of rotatable bonds is 5. The van der Waals surface area contributed by atoms with Gasteiger partial charge in [0.2, 0.25) is 0 Å². The molecule has 1 aliphatic carbocycles. The molecule has 0 aliphatic heterocycles. The van der Waals surface area contributed by atoms with E-state index in [9.17, 15) is 4.79 Å². The molecule has 1 saturated carbocycles. The summed E-state index contributed by atoms with van der Waals surface area (Å²) in [4.78, 5) is 21.4. The summed E-state index contributed by atoms with van der Waals surface area (Å²) in [7, 11) is 0. The first-order valence-electron chi connectivity index (χ1n) is 9.88. The van der Waals surface area contributed by atoms with Crippen molar-refractivity contribution >= 4 is 11.6 Å². The van der Waals surface area contributed by atoms with E-state index in [-0.39, 0.29) is 5.91 Å². The summed E-state index contributed by atoms with van der Waals surface area (Å²) in [5, 5.41) is 11.3. The lowest BCUT2D eigenvalue weighted by atomic mass is 10.2. The Hall–Kier alpha value is -3.81. The Labute approximate surface area is 173 Å². The second kappa shape index (κ2) is 7.22. The molecule has 1 aliphatic rings. The molecule has 1 fully saturated rings. The van der Waals surface area contributed by atoms with Crippen LogP contribution < -0.4 is 5.32 Å². The molecule has 1 N–H and O–H groups in total. The SMILES string of the molecule is Cc1ncn(-c2ccnc(C(=O)Nc3cccc(-c4nncn4C4CC4)c3)c2)c1C. The summed E-state index contributed by atoms with van der Waals surface area (Å²) in [5.41, 5.74) is 4.77. The molecule has 0 atom stereocenters. The zero-order valence-electron chi connectivity index (χ0n) is 16.8. The first-order chi connectivity index (χ1) is 14.6. The third-order valence-electron chi connectivity index (χ3n) is 5.40. The maximum Gasteiger partial charge on any atom is 0.274 e. The average molecular weight is 399 g/mol. The van der Waals surface area contributed by atoms with E-state index in [1.165, 1.54) is 0 Å². The average Bonchev–Trinajstić information content (AvgIpc) is 3.39. The standard InChI is InChI=1S/C22H21N7O/c1-14-15(2)28(12-24-14)19-8-9-23-20(11-19)22(30)26-17-5-3-4-16(10-17)21-27-25-13-29(21)18-6-7-18/h3-5,8-13,18H,6-7H2,1-2H3,(H,26,30). The molecule has 8 heteroatoms. The van der Waals surface area contributed by atoms with Gasteiger partial charge >= 0.3 is 0 Å². The van der Waals surface area contributed by atoms with Crippen molar-refractivity contribution in [2.24, 2.45) is 0 Å². The molecule has 0 bridgehead atoms. The number of pyridine rings is 1. The van der Waals surface area contributed by atoms with Crippen LogP contribution in [0.5, 0.6) is 0 Å². The largest absolute Gasteiger partial charge is 0.321 e. The number of nitrogens with zero attached hydrogens (tertiary/aromatic N) is 6. The lowest BCUT2D eigenvalue weighted by molar-refractivity contribution is 0.102. The number of nitrogens with one attached hydrogen (secondary N) is 1. The van der Waals surface area contributed by atoms with E-state index in [0.717, 1.165) is 41.3 Å². The number of carbonyl (C=O) groups is 1. The highest BCUT2D eigenvalue weighted by atomic mass is 16.1. The number of carbonyl (C=O) groups excluding carboxylic acids is 1. The fourth-order valence-corrected chi connectivity index (χ4v) is 3.45. The number of anilines is 1. The van der Waals surface area contributed by atoms with Gasteiger partial charge in [0.1, 0.15) is 12.0 Å². The highest BCUT2D eigenvalue weighted by molar-refractivity contribution is 6.03. The fraction of sp³-hybridized carbons (Fsp3) is 0.227. The van der Waals surface area contributed by atoms with Gasteiger partial charge in [0.15, 0.2) is 5.82 Å². The quantitative estimate of drug-likeness (QED) is 0.552. The van der Waals surface area contributed by atoms with E-state index in [0.29, 0.717) is 17.4 Å². The van der Waals surface area contributed by atoms with Crippen LogP contribution in [0.2, 0.25) is 0 Å². The zero-order valence-corrected chi connectivity index (χ0v) is 16.8. The van der Waals surface area contributed by atoms with Gasteiger partial charge < -0.3 is 14.5 Å². The minimum atomic E-state index is -0.271. The second-order valence-electron chi connectivity index (χ2n) is 7.51. The summed E-state index contributed by atoms with van der Waals surface area (Å²) in [6.45, 7) is 3.95. The molecular formula is C22H21N7O. The lowest BCUT2D eigenvalue weighted by Gasteiger charge is -2.10. The summed E-state index contributed by atoms with van der Waals surface area (Å²) >= 11 is 0. The lowest BCUT2D eigenvalue weighted by Crippen LogP contribution is -2.14. The van der Waals surface area contributed by atoms with Gasteiger partial charge in [-0.2, -0.15) is 0 Å². The Morgan fingerprint density at radius 2 is 1.97 bits per heavy atom. The van der Waals surface area contributed by atoms with Crippen LogP contribution >= 0.6 is 0 Å². The number of aromatic nitrogens is 6. The fourth-order valence-electron chi connectivity index (χ4n) is 3.45. The monoisotopic (exact) mass is 399 g/mol. The molecule has 4 aromatic rings. The third kappa shape index (κ3) is 3.36. The molecular weight excluding hydrogens is 378 g/mol. The maximum absolute atomic E-state index is 12.8. The van der Waals surface area contributed by atoms with Crippen LogP contribution in [0.25, 0.3) is 17.1 Å². The predicted molar refractivity (Wildman–Crippen MR) is 113 cm³/mol. The van der Waals surface area contributed by atoms with Crippen molar-refractivity contribution in [1.82, 2.24) is 29.3 Å². The number of hydrogen-bond donors (Lipinski definition) is 1. The molecule has 0 radical (unpaired) electrons. The number of benzene rings is 1. The first-order valence-corrected chi connectivity index (χ1v) is 9.88. The number of aryl methyl sites for hydroxylation is 1. The Morgan fingerprint density at radius 1 is 1.10 bits per heavy atom. The van der Waals surface area contributed by atoms with E-state index < -0.39 is 0 Å². The summed E-state index contributed by atoms with van der Waals surface area (Å²) in [6, 6.07) is 11.7. The number of amides is 1. The minimum absolute atomic E-state index is 0.271. The summed E-state index contributed by atoms with van der Waals surface area (Å²) < 4.78 is 4.04. The van der Waals surface area contributed by atoms with E-state index in [1.807, 2.05) is 48.7 Å². The second-order valence-corrected chi connectivity index (χ2v) is 7.51. The van der Waals surface area contributed by atoms with Crippen molar-refractivity contribution in [2.45, 2.75) is 32.7 Å². The van der Waals surface area contributed by atoms with Gasteiger partial charge in [0.05, 0.1) is 17.7 Å². The molecule has 0 spiro atoms. The molecule has 1 aromatic carbocycles. The van der Waals surface area contributed by atoms with Gasteiger partial charge in [-0.05, 0) is 51.0 Å². The Morgan fingerprint density at radius 3 is 2.73 bits per heavy atom. The Balaban J connectivity index is 1.39. The van der Waals surface area contributed by atoms with Crippen molar-refractivity contribution < 1.29 is 4.79 Å². The van der Waals surface area contributed by atoms with Gasteiger partial charge in [0.25, 0.3) is 5.91 Å². The van der Waals surface area contributed by atoms with Crippen LogP contribution in [0.15, 0.2) is 55.2 Å². The predicted octanol–water partition coefficient (Wildman–Crippen LogP) is 3.73. The van der Waals surface area contributed by atoms with Gasteiger partial charge in [-0.1, -0.05) is 12.1 Å². The van der Waals surface area contributed by atoms with Crippen LogP contribution in [0.3, 0.4) is 0 Å². The number of imidazole rings is 1. The normalized spacial score (nSPS) is 13.4. The van der Waals surface area contributed by atoms with E-state index >= 15 is 0 Å². The Kier molecular flexibility index (Phi) is 4.39. The smallest absolute Gasteiger partial charge is 0.274 e. The van der Waals surface area contributed by atoms with Gasteiger partial charge in [-0.15, -0.1) is 10.2 Å². The summed E-state index contributed by atoms with van der Waals surface area (Å²) in [6.07, 6.45) is 7.46. The Bertz CT molecular complexity index is 1240. The van der Waals surface area contributed by atoms with Crippen LogP contribution in [-0.4, -0.2) is 35.2 Å². The summed E-state index contributed by atoms with van der Waals surface area (Å²) in [5.74, 6) is 0.548. The van der Waals surface area contributed by atoms with Gasteiger partial charge in [-0.3, -0.25) is 9.78 Å². The van der Waals surface area contributed by atoms with Crippen molar-refractivity contribution in [1.29, 1.82) is 0 Å². The highest BCUT2D eigenvalue weighted by Crippen LogP contribution is 2.37. The van der Waals surface area contributed by atoms with E-state index in [1.54, 1.807) is 24.9 Å². The molecule has 5 rings (SSSR count). The van der Waals surface area contributed by atoms with Crippen molar-refractivity contribution in [3.8, 4) is 17.1 Å². The van der Waals surface area contributed by atoms with Gasteiger partial charge in [-0.25, -0.2) is 4.98 Å². The topological polar surface area (TPSA) is 90.5 Å². The van der Waals surface area contributed by atoms with Crippen molar-refractivity contribution in [2.75, 3.05) is 5.32 Å². The van der Waals surface area contributed by atoms with Crippen LogP contribution in [-0.2, 0) is 0 Å². The molecule has 0 unspecified atom stereocenters. The number of hydrogen-bond acceptors (Lipinski definition) is 5. The molecule has 8 nitrogen and oxygen atoms in total. The maximum atomic E-state index is 12.8. The van der Waals surface area contributed by atoms with E-state index in [2.05, 4.69) is 30.0 Å². The van der Waals surface area contributed by atoms with Crippen LogP contribution in [0, 0.1) is 13.8 Å². The first kappa shape index (κ1) is 18.2. The molecule has 3 aromatic heterocycles. The van der Waals surface area contributed by atoms with E-state index in [4.69, 9.17) is 0 Å². The van der Waals surface area contributed by atoms with Crippen molar-refractivity contribution in [3.05, 3.63) is 72.3 Å². The van der Waals surface area contributed by atoms with Crippen molar-refractivity contribution in [3.63, 3.8) is 0 Å². The molecule has 3 heterocycles. The molecule has 150 valence electrons. The molecule has 0 saturated heterocycles. The highest BCUT2D eigenvalue weighted by Gasteiger charge is 2.26. The van der Waals surface area contributed by atoms with Crippen LogP contribution in [0.1, 0.15) is 40.8 Å². The molecule has 30 heavy (non-hydrogen) atoms. The zero-order chi connectivity index (χ0) is 20.7. The van der Waals surface area contributed by atoms with Crippen LogP contribution in [0.4, 0.5) is 5.69 Å². The molecule has 1 amide bonds.